The Morgan fingerprint density at radius 1 is 0.512 bits per heavy atom. The fourth-order valence-corrected chi connectivity index (χ4v) is 7.11. The first-order valence-corrected chi connectivity index (χ1v) is 14.2. The number of fused-ring (bicyclic) bond motifs is 8. The van der Waals surface area contributed by atoms with Gasteiger partial charge in [-0.2, -0.15) is 0 Å². The van der Waals surface area contributed by atoms with Crippen LogP contribution in [-0.4, -0.2) is 14.1 Å². The van der Waals surface area contributed by atoms with Gasteiger partial charge in [-0.15, -0.1) is 0 Å². The second kappa shape index (κ2) is 7.96. The first-order chi connectivity index (χ1) is 20.1. The Bertz CT molecular complexity index is 2350. The van der Waals surface area contributed by atoms with Crippen LogP contribution in [0.15, 0.2) is 127 Å². The van der Waals surface area contributed by atoms with Crippen LogP contribution in [0.1, 0.15) is 25.0 Å². The number of nitrogens with zero attached hydrogens (tertiary/aromatic N) is 3. The monoisotopic (exact) mass is 525 g/mol. The van der Waals surface area contributed by atoms with Crippen molar-refractivity contribution in [3.63, 3.8) is 0 Å². The summed E-state index contributed by atoms with van der Waals surface area (Å²) in [5, 5.41) is 4.95. The molecule has 194 valence electrons. The third-order valence-electron chi connectivity index (χ3n) is 9.11. The quantitative estimate of drug-likeness (QED) is 0.220. The van der Waals surface area contributed by atoms with E-state index >= 15 is 0 Å². The molecular weight excluding hydrogens is 498 g/mol. The Kier molecular flexibility index (Phi) is 4.39. The number of rotatable bonds is 2. The van der Waals surface area contributed by atoms with Crippen molar-refractivity contribution in [3.8, 4) is 22.8 Å². The summed E-state index contributed by atoms with van der Waals surface area (Å²) < 4.78 is 4.69. The molecule has 2 aromatic heterocycles. The lowest BCUT2D eigenvalue weighted by Crippen LogP contribution is -2.14. The third kappa shape index (κ3) is 3.01. The summed E-state index contributed by atoms with van der Waals surface area (Å²) >= 11 is 0. The molecule has 2 heterocycles. The van der Waals surface area contributed by atoms with E-state index in [1.165, 1.54) is 49.3 Å². The first kappa shape index (κ1) is 22.6. The highest BCUT2D eigenvalue weighted by molar-refractivity contribution is 6.11. The van der Waals surface area contributed by atoms with Gasteiger partial charge in [-0.1, -0.05) is 98.8 Å². The molecule has 0 aliphatic heterocycles. The van der Waals surface area contributed by atoms with E-state index in [9.17, 15) is 0 Å². The van der Waals surface area contributed by atoms with Gasteiger partial charge in [0.05, 0.1) is 22.1 Å². The molecule has 0 saturated heterocycles. The Morgan fingerprint density at radius 2 is 1.24 bits per heavy atom. The number of benzene rings is 6. The largest absolute Gasteiger partial charge is 0.279 e. The van der Waals surface area contributed by atoms with E-state index in [1.54, 1.807) is 0 Å². The molecule has 3 heteroatoms. The SMILES string of the molecule is CC1(C)c2ccccc2-c2cc3c(cc21)c1ccccc1n3-c1nc2ccccc2n1-c1ccc2ccccc2c1. The summed E-state index contributed by atoms with van der Waals surface area (Å²) in [7, 11) is 0. The van der Waals surface area contributed by atoms with E-state index in [0.29, 0.717) is 0 Å². The Hall–Kier alpha value is -5.15. The van der Waals surface area contributed by atoms with Crippen molar-refractivity contribution in [2.24, 2.45) is 0 Å². The van der Waals surface area contributed by atoms with Crippen LogP contribution in [0.3, 0.4) is 0 Å². The predicted octanol–water partition coefficient (Wildman–Crippen LogP) is 9.58. The lowest BCUT2D eigenvalue weighted by Gasteiger charge is -2.21. The van der Waals surface area contributed by atoms with Crippen LogP contribution in [0.25, 0.3) is 66.4 Å². The summed E-state index contributed by atoms with van der Waals surface area (Å²) in [6.45, 7) is 4.70. The molecule has 0 N–H and O–H groups in total. The van der Waals surface area contributed by atoms with Gasteiger partial charge in [0.25, 0.3) is 0 Å². The molecule has 0 atom stereocenters. The normalized spacial score (nSPS) is 13.8. The molecule has 0 unspecified atom stereocenters. The van der Waals surface area contributed by atoms with Crippen LogP contribution in [0.5, 0.6) is 0 Å². The zero-order valence-corrected chi connectivity index (χ0v) is 23.0. The van der Waals surface area contributed by atoms with Gasteiger partial charge in [-0.3, -0.25) is 9.13 Å². The number of imidazole rings is 1. The number of hydrogen-bond acceptors (Lipinski definition) is 1. The molecule has 3 nitrogen and oxygen atoms in total. The minimum absolute atomic E-state index is 0.0540. The molecule has 6 aromatic carbocycles. The van der Waals surface area contributed by atoms with E-state index in [0.717, 1.165) is 28.2 Å². The van der Waals surface area contributed by atoms with Crippen molar-refractivity contribution in [1.82, 2.24) is 14.1 Å². The van der Waals surface area contributed by atoms with E-state index in [4.69, 9.17) is 4.98 Å². The van der Waals surface area contributed by atoms with Crippen molar-refractivity contribution < 1.29 is 0 Å². The van der Waals surface area contributed by atoms with Crippen molar-refractivity contribution in [3.05, 3.63) is 139 Å². The molecule has 0 saturated carbocycles. The molecule has 0 radical (unpaired) electrons. The molecule has 1 aliphatic rings. The summed E-state index contributed by atoms with van der Waals surface area (Å²) in [6, 6.07) is 46.2. The fourth-order valence-electron chi connectivity index (χ4n) is 7.11. The maximum absolute atomic E-state index is 5.30. The summed E-state index contributed by atoms with van der Waals surface area (Å²) in [4.78, 5) is 5.30. The van der Waals surface area contributed by atoms with E-state index in [-0.39, 0.29) is 5.41 Å². The van der Waals surface area contributed by atoms with Gasteiger partial charge in [-0.05, 0) is 75.5 Å². The van der Waals surface area contributed by atoms with Gasteiger partial charge in [-0.25, -0.2) is 4.98 Å². The zero-order valence-electron chi connectivity index (χ0n) is 23.0. The number of hydrogen-bond donors (Lipinski definition) is 0. The van der Waals surface area contributed by atoms with Crippen molar-refractivity contribution in [1.29, 1.82) is 0 Å². The molecule has 9 rings (SSSR count). The van der Waals surface area contributed by atoms with Crippen molar-refractivity contribution in [2.45, 2.75) is 19.3 Å². The van der Waals surface area contributed by atoms with Crippen LogP contribution in [0, 0.1) is 0 Å². The second-order valence-corrected chi connectivity index (χ2v) is 11.7. The molecular formula is C38H27N3. The van der Waals surface area contributed by atoms with Gasteiger partial charge in [0.2, 0.25) is 5.95 Å². The van der Waals surface area contributed by atoms with Crippen LogP contribution in [0.4, 0.5) is 0 Å². The highest BCUT2D eigenvalue weighted by atomic mass is 15.2. The number of para-hydroxylation sites is 3. The zero-order chi connectivity index (χ0) is 27.3. The van der Waals surface area contributed by atoms with Crippen LogP contribution >= 0.6 is 0 Å². The maximum atomic E-state index is 5.30. The highest BCUT2D eigenvalue weighted by Gasteiger charge is 2.36. The van der Waals surface area contributed by atoms with Gasteiger partial charge < -0.3 is 0 Å². The first-order valence-electron chi connectivity index (χ1n) is 14.2. The summed E-state index contributed by atoms with van der Waals surface area (Å²) in [5.41, 5.74) is 10.9. The maximum Gasteiger partial charge on any atom is 0.220 e. The molecule has 8 aromatic rings. The Labute approximate surface area is 237 Å². The Balaban J connectivity index is 1.42. The number of aromatic nitrogens is 3. The van der Waals surface area contributed by atoms with Gasteiger partial charge >= 0.3 is 0 Å². The molecule has 0 bridgehead atoms. The van der Waals surface area contributed by atoms with Gasteiger partial charge in [0, 0.05) is 21.9 Å². The molecule has 41 heavy (non-hydrogen) atoms. The lowest BCUT2D eigenvalue weighted by molar-refractivity contribution is 0.661. The predicted molar refractivity (Wildman–Crippen MR) is 170 cm³/mol. The highest BCUT2D eigenvalue weighted by Crippen LogP contribution is 2.51. The van der Waals surface area contributed by atoms with Crippen molar-refractivity contribution >= 4 is 43.6 Å². The van der Waals surface area contributed by atoms with Crippen LogP contribution < -0.4 is 0 Å². The molecule has 0 fully saturated rings. The van der Waals surface area contributed by atoms with E-state index < -0.39 is 0 Å². The fraction of sp³-hybridized carbons (Fsp3) is 0.0789. The minimum Gasteiger partial charge on any atom is -0.279 e. The minimum atomic E-state index is -0.0540. The van der Waals surface area contributed by atoms with Crippen LogP contribution in [-0.2, 0) is 5.41 Å². The summed E-state index contributed by atoms with van der Waals surface area (Å²) in [6.07, 6.45) is 0. The molecule has 1 aliphatic carbocycles. The van der Waals surface area contributed by atoms with Gasteiger partial charge in [0.1, 0.15) is 0 Å². The van der Waals surface area contributed by atoms with E-state index in [1.807, 2.05) is 0 Å². The average Bonchev–Trinajstić information content (AvgIpc) is 3.62. The van der Waals surface area contributed by atoms with E-state index in [2.05, 4.69) is 150 Å². The average molecular weight is 526 g/mol. The van der Waals surface area contributed by atoms with Gasteiger partial charge in [0.15, 0.2) is 0 Å². The van der Waals surface area contributed by atoms with Crippen molar-refractivity contribution in [2.75, 3.05) is 0 Å². The topological polar surface area (TPSA) is 22.8 Å². The van der Waals surface area contributed by atoms with Crippen LogP contribution in [0.2, 0.25) is 0 Å². The smallest absolute Gasteiger partial charge is 0.220 e. The lowest BCUT2D eigenvalue weighted by atomic mass is 9.82. The molecule has 0 spiro atoms. The Morgan fingerprint density at radius 3 is 2.15 bits per heavy atom. The second-order valence-electron chi connectivity index (χ2n) is 11.7. The third-order valence-corrected chi connectivity index (χ3v) is 9.11. The molecule has 0 amide bonds. The summed E-state index contributed by atoms with van der Waals surface area (Å²) in [5.74, 6) is 0.901. The standard InChI is InChI=1S/C38H27N3/c1-38(2)31-15-7-5-13-27(31)29-23-36-30(22-32(29)38)28-14-6-9-17-34(28)41(36)37-39-33-16-8-10-18-35(33)40(37)26-20-19-24-11-3-4-12-25(24)21-26/h3-23H,1-2H3.